The van der Waals surface area contributed by atoms with E-state index in [0.29, 0.717) is 11.5 Å². The van der Waals surface area contributed by atoms with E-state index in [0.717, 1.165) is 0 Å². The van der Waals surface area contributed by atoms with Gasteiger partial charge in [0.1, 0.15) is 0 Å². The molecule has 0 radical (unpaired) electrons. The molecule has 22 heavy (non-hydrogen) atoms. The molecule has 1 aromatic carbocycles. The van der Waals surface area contributed by atoms with Gasteiger partial charge in [0.25, 0.3) is 0 Å². The Balaban J connectivity index is 2.12. The van der Waals surface area contributed by atoms with Crippen LogP contribution >= 0.6 is 0 Å². The first kappa shape index (κ1) is 15.3. The summed E-state index contributed by atoms with van der Waals surface area (Å²) in [5.74, 6) is 0.397. The molecule has 3 rings (SSSR count). The van der Waals surface area contributed by atoms with E-state index in [-0.39, 0.29) is 0 Å². The molecule has 0 aromatic heterocycles. The number of hydrogen-bond donors (Lipinski definition) is 0. The highest BCUT2D eigenvalue weighted by Gasteiger charge is 2.37. The summed E-state index contributed by atoms with van der Waals surface area (Å²) < 4.78 is 0. The first-order valence-corrected chi connectivity index (χ1v) is 11.9. The molecule has 0 bridgehead atoms. The molecular formula is C21H26Si. The van der Waals surface area contributed by atoms with E-state index < -0.39 is 8.07 Å². The minimum absolute atomic E-state index is 0.397. The fraction of sp³-hybridized carbons (Fsp3) is 0.333. The predicted octanol–water partition coefficient (Wildman–Crippen LogP) is 6.25. The minimum Gasteiger partial charge on any atom is -0.0726 e. The Morgan fingerprint density at radius 2 is 1.68 bits per heavy atom. The molecular weight excluding hydrogens is 280 g/mol. The maximum atomic E-state index is 2.51. The van der Waals surface area contributed by atoms with Gasteiger partial charge in [0.05, 0.1) is 8.07 Å². The van der Waals surface area contributed by atoms with Gasteiger partial charge in [0.15, 0.2) is 0 Å². The molecule has 0 saturated heterocycles. The highest BCUT2D eigenvalue weighted by Crippen LogP contribution is 2.49. The lowest BCUT2D eigenvalue weighted by Gasteiger charge is -2.30. The smallest absolute Gasteiger partial charge is 0.0569 e. The van der Waals surface area contributed by atoms with Gasteiger partial charge in [0.2, 0.25) is 0 Å². The molecule has 114 valence electrons. The third kappa shape index (κ3) is 2.70. The van der Waals surface area contributed by atoms with Crippen molar-refractivity contribution < 1.29 is 0 Å². The zero-order chi connectivity index (χ0) is 15.7. The Bertz CT molecular complexity index is 666. The molecule has 1 aromatic rings. The van der Waals surface area contributed by atoms with Crippen molar-refractivity contribution in [2.24, 2.45) is 0 Å². The first-order chi connectivity index (χ1) is 10.5. The summed E-state index contributed by atoms with van der Waals surface area (Å²) in [5.41, 5.74) is 6.83. The van der Waals surface area contributed by atoms with Crippen molar-refractivity contribution in [3.63, 3.8) is 0 Å². The van der Waals surface area contributed by atoms with Gasteiger partial charge in [-0.3, -0.25) is 0 Å². The average Bonchev–Trinajstić information content (AvgIpc) is 2.75. The van der Waals surface area contributed by atoms with E-state index in [2.05, 4.69) is 87.3 Å². The lowest BCUT2D eigenvalue weighted by molar-refractivity contribution is 0.989. The Labute approximate surface area is 136 Å². The minimum atomic E-state index is -1.27. The van der Waals surface area contributed by atoms with Crippen LogP contribution in [0, 0.1) is 0 Å². The van der Waals surface area contributed by atoms with Crippen LogP contribution in [-0.4, -0.2) is 8.07 Å². The summed E-state index contributed by atoms with van der Waals surface area (Å²) in [7, 11) is -1.27. The van der Waals surface area contributed by atoms with Gasteiger partial charge in [-0.05, 0) is 28.7 Å². The molecule has 0 N–H and O–H groups in total. The highest BCUT2D eigenvalue weighted by atomic mass is 28.3. The average molecular weight is 307 g/mol. The third-order valence-corrected chi connectivity index (χ3v) is 7.23. The number of benzene rings is 1. The maximum Gasteiger partial charge on any atom is 0.0569 e. The van der Waals surface area contributed by atoms with Gasteiger partial charge in [0, 0.05) is 5.92 Å². The zero-order valence-electron chi connectivity index (χ0n) is 14.1. The number of allylic oxidation sites excluding steroid dienone is 8. The van der Waals surface area contributed by atoms with Crippen molar-refractivity contribution in [1.29, 1.82) is 0 Å². The first-order valence-electron chi connectivity index (χ1n) is 8.36. The van der Waals surface area contributed by atoms with Crippen molar-refractivity contribution in [3.05, 3.63) is 83.0 Å². The van der Waals surface area contributed by atoms with E-state index in [1.54, 1.807) is 11.1 Å². The normalized spacial score (nSPS) is 24.3. The second kappa shape index (κ2) is 5.89. The van der Waals surface area contributed by atoms with Crippen molar-refractivity contribution in [1.82, 2.24) is 0 Å². The second-order valence-corrected chi connectivity index (χ2v) is 12.7. The fourth-order valence-corrected chi connectivity index (χ4v) is 6.51. The molecule has 0 saturated carbocycles. The Morgan fingerprint density at radius 3 is 2.32 bits per heavy atom. The fourth-order valence-electron chi connectivity index (χ4n) is 3.91. The van der Waals surface area contributed by atoms with Crippen LogP contribution in [0.25, 0.3) is 0 Å². The highest BCUT2D eigenvalue weighted by molar-refractivity contribution is 6.79. The van der Waals surface area contributed by atoms with Gasteiger partial charge >= 0.3 is 0 Å². The monoisotopic (exact) mass is 306 g/mol. The van der Waals surface area contributed by atoms with Crippen LogP contribution in [-0.2, 0) is 0 Å². The summed E-state index contributed by atoms with van der Waals surface area (Å²) in [4.78, 5) is 0. The molecule has 2 unspecified atom stereocenters. The molecule has 1 heteroatoms. The van der Waals surface area contributed by atoms with E-state index in [1.165, 1.54) is 17.6 Å². The van der Waals surface area contributed by atoms with Crippen molar-refractivity contribution in [2.75, 3.05) is 0 Å². The predicted molar refractivity (Wildman–Crippen MR) is 100.0 cm³/mol. The van der Waals surface area contributed by atoms with Crippen LogP contribution in [0.5, 0.6) is 0 Å². The van der Waals surface area contributed by atoms with Gasteiger partial charge in [-0.1, -0.05) is 92.8 Å². The van der Waals surface area contributed by atoms with E-state index in [4.69, 9.17) is 0 Å². The molecule has 0 nitrogen and oxygen atoms in total. The summed E-state index contributed by atoms with van der Waals surface area (Å²) in [5, 5.41) is 0. The molecule has 0 spiro atoms. The largest absolute Gasteiger partial charge is 0.0726 e. The Kier molecular flexibility index (Phi) is 4.09. The van der Waals surface area contributed by atoms with Gasteiger partial charge in [-0.25, -0.2) is 0 Å². The molecule has 0 heterocycles. The van der Waals surface area contributed by atoms with E-state index in [9.17, 15) is 0 Å². The van der Waals surface area contributed by atoms with Crippen LogP contribution < -0.4 is 0 Å². The molecule has 2 aliphatic rings. The SMILES string of the molecule is CCC1=CC2=C(C=CC=CC2c2ccccc2)C1[Si](C)(C)C. The number of hydrogen-bond acceptors (Lipinski definition) is 0. The number of rotatable bonds is 3. The van der Waals surface area contributed by atoms with Crippen molar-refractivity contribution in [3.8, 4) is 0 Å². The van der Waals surface area contributed by atoms with Gasteiger partial charge < -0.3 is 0 Å². The van der Waals surface area contributed by atoms with Crippen LogP contribution in [0.3, 0.4) is 0 Å². The molecule has 0 aliphatic heterocycles. The topological polar surface area (TPSA) is 0 Å². The molecule has 0 fully saturated rings. The second-order valence-electron chi connectivity index (χ2n) is 7.41. The lowest BCUT2D eigenvalue weighted by atomic mass is 9.90. The lowest BCUT2D eigenvalue weighted by Crippen LogP contribution is -2.29. The van der Waals surface area contributed by atoms with Gasteiger partial charge in [-0.15, -0.1) is 0 Å². The maximum absolute atomic E-state index is 2.51. The van der Waals surface area contributed by atoms with Crippen LogP contribution in [0.1, 0.15) is 24.8 Å². The van der Waals surface area contributed by atoms with E-state index in [1.807, 2.05) is 0 Å². The summed E-state index contributed by atoms with van der Waals surface area (Å²) in [6.07, 6.45) is 12.9. The molecule has 2 aliphatic carbocycles. The van der Waals surface area contributed by atoms with Crippen LogP contribution in [0.2, 0.25) is 25.2 Å². The Hall–Kier alpha value is -1.60. The van der Waals surface area contributed by atoms with Crippen molar-refractivity contribution >= 4 is 8.07 Å². The zero-order valence-corrected chi connectivity index (χ0v) is 15.1. The standard InChI is InChI=1S/C21H26Si/c1-5-16-15-20-18(17-11-7-6-8-12-17)13-9-10-14-19(20)21(16)22(2,3)4/h6-15,18,21H,5H2,1-4H3. The van der Waals surface area contributed by atoms with Gasteiger partial charge in [-0.2, -0.15) is 0 Å². The summed E-state index contributed by atoms with van der Waals surface area (Å²) in [6.45, 7) is 9.81. The summed E-state index contributed by atoms with van der Waals surface area (Å²) in [6, 6.07) is 10.9. The molecule has 0 amide bonds. The Morgan fingerprint density at radius 1 is 0.955 bits per heavy atom. The van der Waals surface area contributed by atoms with Crippen LogP contribution in [0.4, 0.5) is 0 Å². The van der Waals surface area contributed by atoms with E-state index >= 15 is 0 Å². The van der Waals surface area contributed by atoms with Crippen LogP contribution in [0.15, 0.2) is 77.4 Å². The summed E-state index contributed by atoms with van der Waals surface area (Å²) >= 11 is 0. The third-order valence-electron chi connectivity index (χ3n) is 4.81. The van der Waals surface area contributed by atoms with Crippen molar-refractivity contribution in [2.45, 2.75) is 44.4 Å². The molecule has 2 atom stereocenters. The quantitative estimate of drug-likeness (QED) is 0.579.